The van der Waals surface area contributed by atoms with Crippen LogP contribution in [0, 0.1) is 6.92 Å². The third-order valence-corrected chi connectivity index (χ3v) is 4.58. The molecular weight excluding hydrogens is 280 g/mol. The minimum atomic E-state index is -0.197. The van der Waals surface area contributed by atoms with Gasteiger partial charge in [0.1, 0.15) is 5.75 Å². The molecule has 3 rings (SSSR count). The molecule has 1 saturated heterocycles. The van der Waals surface area contributed by atoms with Crippen molar-refractivity contribution < 1.29 is 14.6 Å². The number of ether oxygens (including phenoxy) is 1. The Kier molecular flexibility index (Phi) is 4.18. The van der Waals surface area contributed by atoms with Gasteiger partial charge < -0.3 is 14.4 Å². The van der Waals surface area contributed by atoms with Gasteiger partial charge in [0.05, 0.1) is 13.2 Å². The molecule has 1 aliphatic rings. The number of benzene rings is 1. The number of nitrogens with zero attached hydrogens (tertiary/aromatic N) is 2. The van der Waals surface area contributed by atoms with Gasteiger partial charge in [0.2, 0.25) is 0 Å². The first-order chi connectivity index (χ1) is 10.6. The summed E-state index contributed by atoms with van der Waals surface area (Å²) in [6.07, 6.45) is 1.58. The summed E-state index contributed by atoms with van der Waals surface area (Å²) in [5, 5.41) is 10.6. The van der Waals surface area contributed by atoms with Crippen LogP contribution < -0.4 is 4.74 Å². The summed E-state index contributed by atoms with van der Waals surface area (Å²) in [6.45, 7) is 5.36. The molecule has 1 aromatic heterocycles. The number of carbonyl (C=O) groups excluding carboxylic acids is 1. The molecule has 118 valence electrons. The summed E-state index contributed by atoms with van der Waals surface area (Å²) >= 11 is 0. The molecule has 0 spiro atoms. The summed E-state index contributed by atoms with van der Waals surface area (Å²) in [4.78, 5) is 13.7. The molecule has 2 aromatic rings. The fourth-order valence-corrected chi connectivity index (χ4v) is 3.31. The second-order valence-corrected chi connectivity index (χ2v) is 5.89. The maximum Gasteiger partial charge on any atom is 0.152 e. The Morgan fingerprint density at radius 1 is 1.41 bits per heavy atom. The van der Waals surface area contributed by atoms with E-state index in [-0.39, 0.29) is 6.10 Å². The van der Waals surface area contributed by atoms with Gasteiger partial charge in [-0.1, -0.05) is 0 Å². The van der Waals surface area contributed by atoms with Crippen molar-refractivity contribution in [2.45, 2.75) is 26.0 Å². The van der Waals surface area contributed by atoms with Crippen LogP contribution in [0.2, 0.25) is 0 Å². The van der Waals surface area contributed by atoms with Crippen LogP contribution >= 0.6 is 0 Å². The van der Waals surface area contributed by atoms with Crippen LogP contribution in [0.4, 0.5) is 0 Å². The van der Waals surface area contributed by atoms with Gasteiger partial charge in [0, 0.05) is 48.3 Å². The van der Waals surface area contributed by atoms with Crippen molar-refractivity contribution in [2.75, 3.05) is 26.7 Å². The smallest absolute Gasteiger partial charge is 0.152 e. The molecular formula is C17H22N2O3. The molecule has 0 saturated carbocycles. The average molecular weight is 302 g/mol. The lowest BCUT2D eigenvalue weighted by Gasteiger charge is -2.17. The van der Waals surface area contributed by atoms with Crippen molar-refractivity contribution in [3.05, 3.63) is 29.5 Å². The van der Waals surface area contributed by atoms with Crippen molar-refractivity contribution in [1.82, 2.24) is 9.47 Å². The molecule has 1 unspecified atom stereocenters. The van der Waals surface area contributed by atoms with Crippen LogP contribution in [0.3, 0.4) is 0 Å². The molecule has 0 amide bonds. The quantitative estimate of drug-likeness (QED) is 0.856. The lowest BCUT2D eigenvalue weighted by molar-refractivity contribution is 0.112. The van der Waals surface area contributed by atoms with Crippen LogP contribution in [0.15, 0.2) is 18.2 Å². The molecule has 1 atom stereocenters. The van der Waals surface area contributed by atoms with Gasteiger partial charge in [-0.2, -0.15) is 0 Å². The summed E-state index contributed by atoms with van der Waals surface area (Å²) < 4.78 is 7.45. The van der Waals surface area contributed by atoms with Crippen molar-refractivity contribution >= 4 is 17.2 Å². The molecule has 5 nitrogen and oxygen atoms in total. The number of rotatable bonds is 5. The fraction of sp³-hybridized carbons (Fsp3) is 0.471. The number of methoxy groups -OCH3 is 1. The van der Waals surface area contributed by atoms with Crippen LogP contribution in [-0.4, -0.2) is 53.7 Å². The van der Waals surface area contributed by atoms with Crippen molar-refractivity contribution in [2.24, 2.45) is 0 Å². The predicted octanol–water partition coefficient (Wildman–Crippen LogP) is 1.84. The standard InChI is InChI=1S/C17H22N2O3/c1-12-16(11-20)15-9-14(22-2)3-4-17(15)19(12)8-7-18-6-5-13(21)10-18/h3-4,9,11,13,21H,5-8,10H2,1-2H3. The molecule has 5 heteroatoms. The molecule has 1 aromatic carbocycles. The topological polar surface area (TPSA) is 54.7 Å². The number of likely N-dealkylation sites (tertiary alicyclic amines) is 1. The van der Waals surface area contributed by atoms with Gasteiger partial charge in [-0.05, 0) is 31.5 Å². The van der Waals surface area contributed by atoms with Crippen LogP contribution in [-0.2, 0) is 6.54 Å². The van der Waals surface area contributed by atoms with E-state index in [1.807, 2.05) is 25.1 Å². The maximum absolute atomic E-state index is 11.5. The van der Waals surface area contributed by atoms with Crippen LogP contribution in [0.1, 0.15) is 22.5 Å². The zero-order valence-electron chi connectivity index (χ0n) is 13.1. The Morgan fingerprint density at radius 3 is 2.86 bits per heavy atom. The highest BCUT2D eigenvalue weighted by atomic mass is 16.5. The second kappa shape index (κ2) is 6.10. The zero-order chi connectivity index (χ0) is 15.7. The van der Waals surface area contributed by atoms with Crippen molar-refractivity contribution in [3.63, 3.8) is 0 Å². The van der Waals surface area contributed by atoms with E-state index < -0.39 is 0 Å². The number of aromatic nitrogens is 1. The third kappa shape index (κ3) is 2.62. The normalized spacial score (nSPS) is 19.0. The SMILES string of the molecule is COc1ccc2c(c1)c(C=O)c(C)n2CCN1CCC(O)C1. The molecule has 22 heavy (non-hydrogen) atoms. The minimum Gasteiger partial charge on any atom is -0.497 e. The van der Waals surface area contributed by atoms with E-state index in [9.17, 15) is 9.90 Å². The van der Waals surface area contributed by atoms with E-state index in [1.165, 1.54) is 0 Å². The maximum atomic E-state index is 11.5. The number of hydrogen-bond acceptors (Lipinski definition) is 4. The second-order valence-electron chi connectivity index (χ2n) is 5.89. The van der Waals surface area contributed by atoms with Crippen molar-refractivity contribution in [3.8, 4) is 5.75 Å². The van der Waals surface area contributed by atoms with Crippen molar-refractivity contribution in [1.29, 1.82) is 0 Å². The number of aldehydes is 1. The predicted molar refractivity (Wildman–Crippen MR) is 85.7 cm³/mol. The van der Waals surface area contributed by atoms with E-state index in [1.54, 1.807) is 7.11 Å². The van der Waals surface area contributed by atoms with Gasteiger partial charge in [-0.25, -0.2) is 0 Å². The summed E-state index contributed by atoms with van der Waals surface area (Å²) in [7, 11) is 1.63. The molecule has 1 N–H and O–H groups in total. The van der Waals surface area contributed by atoms with Gasteiger partial charge >= 0.3 is 0 Å². The number of fused-ring (bicyclic) bond motifs is 1. The van der Waals surface area contributed by atoms with Gasteiger partial charge in [0.15, 0.2) is 6.29 Å². The monoisotopic (exact) mass is 302 g/mol. The lowest BCUT2D eigenvalue weighted by Crippen LogP contribution is -2.26. The molecule has 2 heterocycles. The number of β-amino-alcohol motifs (C(OH)–C–C–N with tert-alkyl or cyclic N) is 1. The summed E-state index contributed by atoms with van der Waals surface area (Å²) in [5.74, 6) is 0.760. The highest BCUT2D eigenvalue weighted by molar-refractivity contribution is 6.00. The average Bonchev–Trinajstić information content (AvgIpc) is 3.05. The van der Waals surface area contributed by atoms with E-state index in [2.05, 4.69) is 9.47 Å². The largest absolute Gasteiger partial charge is 0.497 e. The third-order valence-electron chi connectivity index (χ3n) is 4.58. The molecule has 1 aliphatic heterocycles. The van der Waals surface area contributed by atoms with Crippen LogP contribution in [0.25, 0.3) is 10.9 Å². The minimum absolute atomic E-state index is 0.197. The Bertz CT molecular complexity index is 693. The van der Waals surface area contributed by atoms with E-state index in [0.29, 0.717) is 0 Å². The Morgan fingerprint density at radius 2 is 2.23 bits per heavy atom. The summed E-state index contributed by atoms with van der Waals surface area (Å²) in [5.41, 5.74) is 2.77. The Hall–Kier alpha value is -1.85. The Labute approximate surface area is 130 Å². The van der Waals surface area contributed by atoms with E-state index in [0.717, 1.165) is 66.8 Å². The molecule has 0 bridgehead atoms. The number of hydrogen-bond donors (Lipinski definition) is 1. The van der Waals surface area contributed by atoms with Gasteiger partial charge in [-0.15, -0.1) is 0 Å². The highest BCUT2D eigenvalue weighted by Crippen LogP contribution is 2.28. The summed E-state index contributed by atoms with van der Waals surface area (Å²) in [6, 6.07) is 5.85. The van der Waals surface area contributed by atoms with Gasteiger partial charge in [-0.3, -0.25) is 9.69 Å². The first-order valence-electron chi connectivity index (χ1n) is 7.66. The Balaban J connectivity index is 1.91. The van der Waals surface area contributed by atoms with Gasteiger partial charge in [0.25, 0.3) is 0 Å². The number of carbonyl (C=O) groups is 1. The molecule has 0 radical (unpaired) electrons. The number of aliphatic hydroxyl groups is 1. The van der Waals surface area contributed by atoms with E-state index in [4.69, 9.17) is 4.74 Å². The molecule has 1 fully saturated rings. The molecule has 0 aliphatic carbocycles. The first-order valence-corrected chi connectivity index (χ1v) is 7.66. The van der Waals surface area contributed by atoms with E-state index >= 15 is 0 Å². The zero-order valence-corrected chi connectivity index (χ0v) is 13.1. The number of aliphatic hydroxyl groups excluding tert-OH is 1. The first kappa shape index (κ1) is 15.1. The fourth-order valence-electron chi connectivity index (χ4n) is 3.31. The van der Waals surface area contributed by atoms with Crippen LogP contribution in [0.5, 0.6) is 5.75 Å². The highest BCUT2D eigenvalue weighted by Gasteiger charge is 2.21. The lowest BCUT2D eigenvalue weighted by atomic mass is 10.1.